The highest BCUT2D eigenvalue weighted by Gasteiger charge is 2.01. The van der Waals surface area contributed by atoms with Crippen LogP contribution in [0.25, 0.3) is 0 Å². The van der Waals surface area contributed by atoms with E-state index in [4.69, 9.17) is 11.6 Å². The molecule has 0 atom stereocenters. The van der Waals surface area contributed by atoms with Crippen LogP contribution in [0.5, 0.6) is 0 Å². The van der Waals surface area contributed by atoms with Gasteiger partial charge >= 0.3 is 6.03 Å². The lowest BCUT2D eigenvalue weighted by Crippen LogP contribution is -2.34. The summed E-state index contributed by atoms with van der Waals surface area (Å²) in [6, 6.07) is 11.2. The van der Waals surface area contributed by atoms with E-state index < -0.39 is 0 Å². The Kier molecular flexibility index (Phi) is 4.61. The van der Waals surface area contributed by atoms with Gasteiger partial charge in [0, 0.05) is 16.4 Å². The van der Waals surface area contributed by atoms with E-state index in [-0.39, 0.29) is 6.03 Å². The summed E-state index contributed by atoms with van der Waals surface area (Å²) in [6.07, 6.45) is 0. The smallest absolute Gasteiger partial charge is 0.315 e. The minimum Gasteiger partial charge on any atom is -0.334 e. The Labute approximate surface area is 115 Å². The number of carbonyl (C=O) groups excluding carboxylic acids is 1. The van der Waals surface area contributed by atoms with Crippen molar-refractivity contribution < 1.29 is 4.79 Å². The highest BCUT2D eigenvalue weighted by Crippen LogP contribution is 2.09. The SMILES string of the molecule is O=C(NCc1ccc(Cl)cc1)NCc1cccs1. The summed E-state index contributed by atoms with van der Waals surface area (Å²) < 4.78 is 0. The molecule has 0 fully saturated rings. The monoisotopic (exact) mass is 280 g/mol. The molecule has 0 spiro atoms. The maximum absolute atomic E-state index is 11.5. The second-order valence-electron chi connectivity index (χ2n) is 3.74. The first-order chi connectivity index (χ1) is 8.74. The number of carbonyl (C=O) groups is 1. The Balaban J connectivity index is 1.73. The summed E-state index contributed by atoms with van der Waals surface area (Å²) in [6.45, 7) is 1.05. The Morgan fingerprint density at radius 2 is 1.83 bits per heavy atom. The average molecular weight is 281 g/mol. The Bertz CT molecular complexity index is 496. The molecular weight excluding hydrogens is 268 g/mol. The van der Waals surface area contributed by atoms with E-state index in [1.54, 1.807) is 11.3 Å². The summed E-state index contributed by atoms with van der Waals surface area (Å²) >= 11 is 7.41. The van der Waals surface area contributed by atoms with Crippen molar-refractivity contribution in [1.82, 2.24) is 10.6 Å². The van der Waals surface area contributed by atoms with Crippen LogP contribution in [0.2, 0.25) is 5.02 Å². The van der Waals surface area contributed by atoms with Crippen molar-refractivity contribution in [1.29, 1.82) is 0 Å². The minimum atomic E-state index is -0.168. The quantitative estimate of drug-likeness (QED) is 0.885. The van der Waals surface area contributed by atoms with E-state index in [1.165, 1.54) is 0 Å². The highest BCUT2D eigenvalue weighted by molar-refractivity contribution is 7.09. The molecule has 0 unspecified atom stereocenters. The van der Waals surface area contributed by atoms with Gasteiger partial charge in [-0.15, -0.1) is 11.3 Å². The Morgan fingerprint density at radius 1 is 1.11 bits per heavy atom. The molecular formula is C13H13ClN2OS. The zero-order valence-corrected chi connectivity index (χ0v) is 11.2. The van der Waals surface area contributed by atoms with Crippen molar-refractivity contribution in [3.63, 3.8) is 0 Å². The number of hydrogen-bond acceptors (Lipinski definition) is 2. The molecule has 5 heteroatoms. The van der Waals surface area contributed by atoms with Gasteiger partial charge in [0.1, 0.15) is 0 Å². The van der Waals surface area contributed by atoms with Crippen LogP contribution < -0.4 is 10.6 Å². The number of halogens is 1. The highest BCUT2D eigenvalue weighted by atomic mass is 35.5. The molecule has 2 N–H and O–H groups in total. The lowest BCUT2D eigenvalue weighted by Gasteiger charge is -2.06. The van der Waals surface area contributed by atoms with Gasteiger partial charge in [-0.1, -0.05) is 29.8 Å². The van der Waals surface area contributed by atoms with E-state index in [2.05, 4.69) is 10.6 Å². The predicted molar refractivity (Wildman–Crippen MR) is 74.8 cm³/mol. The van der Waals surface area contributed by atoms with Crippen LogP contribution in [0.1, 0.15) is 10.4 Å². The molecule has 2 aromatic rings. The normalized spacial score (nSPS) is 10.1. The van der Waals surface area contributed by atoms with Gasteiger partial charge in [0.05, 0.1) is 6.54 Å². The van der Waals surface area contributed by atoms with Crippen LogP contribution in [0.4, 0.5) is 4.79 Å². The van der Waals surface area contributed by atoms with Gasteiger partial charge in [0.2, 0.25) is 0 Å². The first-order valence-corrected chi connectivity index (χ1v) is 6.78. The molecule has 0 aliphatic carbocycles. The lowest BCUT2D eigenvalue weighted by atomic mass is 10.2. The molecule has 1 aromatic carbocycles. The molecule has 1 aromatic heterocycles. The van der Waals surface area contributed by atoms with Crippen molar-refractivity contribution in [3.05, 3.63) is 57.2 Å². The van der Waals surface area contributed by atoms with Crippen LogP contribution >= 0.6 is 22.9 Å². The molecule has 94 valence electrons. The predicted octanol–water partition coefficient (Wildman–Crippen LogP) is 3.40. The van der Waals surface area contributed by atoms with Crippen molar-refractivity contribution in [2.45, 2.75) is 13.1 Å². The van der Waals surface area contributed by atoms with E-state index in [0.717, 1.165) is 10.4 Å². The Morgan fingerprint density at radius 3 is 2.50 bits per heavy atom. The number of rotatable bonds is 4. The largest absolute Gasteiger partial charge is 0.334 e. The van der Waals surface area contributed by atoms with Crippen molar-refractivity contribution in [2.75, 3.05) is 0 Å². The second kappa shape index (κ2) is 6.42. The van der Waals surface area contributed by atoms with E-state index in [1.807, 2.05) is 41.8 Å². The van der Waals surface area contributed by atoms with Gasteiger partial charge in [0.15, 0.2) is 0 Å². The maximum atomic E-state index is 11.5. The van der Waals surface area contributed by atoms with Gasteiger partial charge in [-0.2, -0.15) is 0 Å². The molecule has 0 aliphatic rings. The molecule has 0 saturated carbocycles. The molecule has 0 saturated heterocycles. The third-order valence-electron chi connectivity index (χ3n) is 2.37. The van der Waals surface area contributed by atoms with Crippen molar-refractivity contribution in [2.24, 2.45) is 0 Å². The molecule has 1 heterocycles. The molecule has 0 bridgehead atoms. The first-order valence-electron chi connectivity index (χ1n) is 5.52. The molecule has 2 amide bonds. The number of urea groups is 1. The molecule has 2 rings (SSSR count). The van der Waals surface area contributed by atoms with E-state index in [9.17, 15) is 4.79 Å². The fourth-order valence-corrected chi connectivity index (χ4v) is 2.20. The van der Waals surface area contributed by atoms with Crippen molar-refractivity contribution in [3.8, 4) is 0 Å². The zero-order chi connectivity index (χ0) is 12.8. The van der Waals surface area contributed by atoms with Crippen LogP contribution in [0.3, 0.4) is 0 Å². The lowest BCUT2D eigenvalue weighted by molar-refractivity contribution is 0.240. The molecule has 3 nitrogen and oxygen atoms in total. The maximum Gasteiger partial charge on any atom is 0.315 e. The number of nitrogens with one attached hydrogen (secondary N) is 2. The number of benzene rings is 1. The summed E-state index contributed by atoms with van der Waals surface area (Å²) in [5, 5.41) is 8.28. The summed E-state index contributed by atoms with van der Waals surface area (Å²) in [7, 11) is 0. The summed E-state index contributed by atoms with van der Waals surface area (Å²) in [5.74, 6) is 0. The van der Waals surface area contributed by atoms with E-state index >= 15 is 0 Å². The zero-order valence-electron chi connectivity index (χ0n) is 9.65. The first kappa shape index (κ1) is 12.9. The number of hydrogen-bond donors (Lipinski definition) is 2. The topological polar surface area (TPSA) is 41.1 Å². The molecule has 0 aliphatic heterocycles. The number of thiophene rings is 1. The van der Waals surface area contributed by atoms with Crippen LogP contribution in [0, 0.1) is 0 Å². The fourth-order valence-electron chi connectivity index (χ4n) is 1.43. The number of amides is 2. The average Bonchev–Trinajstić information content (AvgIpc) is 2.89. The third-order valence-corrected chi connectivity index (χ3v) is 3.50. The van der Waals surface area contributed by atoms with Gasteiger partial charge < -0.3 is 10.6 Å². The van der Waals surface area contributed by atoms with E-state index in [0.29, 0.717) is 18.1 Å². The van der Waals surface area contributed by atoms with Gasteiger partial charge in [-0.3, -0.25) is 0 Å². The van der Waals surface area contributed by atoms with Gasteiger partial charge in [-0.25, -0.2) is 4.79 Å². The van der Waals surface area contributed by atoms with Crippen molar-refractivity contribution >= 4 is 29.0 Å². The van der Waals surface area contributed by atoms with Gasteiger partial charge in [0.25, 0.3) is 0 Å². The minimum absolute atomic E-state index is 0.168. The standard InChI is InChI=1S/C13H13ClN2OS/c14-11-5-3-10(4-6-11)8-15-13(17)16-9-12-2-1-7-18-12/h1-7H,8-9H2,(H2,15,16,17). The van der Waals surface area contributed by atoms with Crippen LogP contribution in [-0.2, 0) is 13.1 Å². The van der Waals surface area contributed by atoms with Crippen LogP contribution in [0.15, 0.2) is 41.8 Å². The summed E-state index contributed by atoms with van der Waals surface area (Å²) in [4.78, 5) is 12.7. The second-order valence-corrected chi connectivity index (χ2v) is 5.21. The third kappa shape index (κ3) is 4.05. The Hall–Kier alpha value is -1.52. The molecule has 18 heavy (non-hydrogen) atoms. The molecule has 0 radical (unpaired) electrons. The fraction of sp³-hybridized carbons (Fsp3) is 0.154. The van der Waals surface area contributed by atoms with Crippen LogP contribution in [-0.4, -0.2) is 6.03 Å². The summed E-state index contributed by atoms with van der Waals surface area (Å²) in [5.41, 5.74) is 1.02. The van der Waals surface area contributed by atoms with Gasteiger partial charge in [-0.05, 0) is 29.1 Å².